The van der Waals surface area contributed by atoms with Crippen LogP contribution in [-0.2, 0) is 4.79 Å². The van der Waals surface area contributed by atoms with Gasteiger partial charge in [-0.2, -0.15) is 0 Å². The molecule has 0 heterocycles. The molecule has 0 aliphatic heterocycles. The van der Waals surface area contributed by atoms with E-state index in [-0.39, 0.29) is 5.78 Å². The maximum atomic E-state index is 11.2. The van der Waals surface area contributed by atoms with Crippen molar-refractivity contribution in [1.82, 2.24) is 0 Å². The number of nitrogens with one attached hydrogen (secondary N) is 1. The van der Waals surface area contributed by atoms with Crippen molar-refractivity contribution < 1.29 is 4.79 Å². The number of hydrogen-bond acceptors (Lipinski definition) is 2. The van der Waals surface area contributed by atoms with Gasteiger partial charge in [0, 0.05) is 11.3 Å². The van der Waals surface area contributed by atoms with Crippen LogP contribution in [0.5, 0.6) is 0 Å². The van der Waals surface area contributed by atoms with E-state index >= 15 is 0 Å². The highest BCUT2D eigenvalue weighted by atomic mass is 16.1. The minimum absolute atomic E-state index is 0.0682. The first-order valence-electron chi connectivity index (χ1n) is 4.44. The molecule has 0 aromatic heterocycles. The van der Waals surface area contributed by atoms with E-state index in [9.17, 15) is 4.79 Å². The van der Waals surface area contributed by atoms with Gasteiger partial charge >= 0.3 is 0 Å². The molecule has 0 radical (unpaired) electrons. The molecule has 0 aliphatic carbocycles. The summed E-state index contributed by atoms with van der Waals surface area (Å²) in [5.74, 6) is -0.0682. The summed E-state index contributed by atoms with van der Waals surface area (Å²) < 4.78 is 0. The third-order valence-electron chi connectivity index (χ3n) is 1.89. The second kappa shape index (κ2) is 4.51. The van der Waals surface area contributed by atoms with Crippen LogP contribution in [0.1, 0.15) is 19.4 Å². The Balaban J connectivity index is 3.06. The molecular weight excluding hydrogens is 174 g/mol. The predicted octanol–water partition coefficient (Wildman–Crippen LogP) is 2.70. The van der Waals surface area contributed by atoms with Crippen LogP contribution in [0.25, 0.3) is 6.08 Å². The molecule has 2 heteroatoms. The van der Waals surface area contributed by atoms with Gasteiger partial charge in [0.25, 0.3) is 0 Å². The maximum Gasteiger partial charge on any atom is 0.161 e. The summed E-state index contributed by atoms with van der Waals surface area (Å²) in [4.78, 5) is 11.2. The van der Waals surface area contributed by atoms with Crippen molar-refractivity contribution in [2.24, 2.45) is 0 Å². The normalized spacial score (nSPS) is 11.1. The summed E-state index contributed by atoms with van der Waals surface area (Å²) in [6, 6.07) is 9.55. The second-order valence-corrected chi connectivity index (χ2v) is 3.15. The molecule has 0 atom stereocenters. The second-order valence-electron chi connectivity index (χ2n) is 3.15. The zero-order chi connectivity index (χ0) is 10.6. The van der Waals surface area contributed by atoms with Crippen LogP contribution < -0.4 is 0 Å². The molecule has 0 bridgehead atoms. The third-order valence-corrected chi connectivity index (χ3v) is 1.89. The summed E-state index contributed by atoms with van der Waals surface area (Å²) in [5.41, 5.74) is 1.72. The molecule has 0 unspecified atom stereocenters. The van der Waals surface area contributed by atoms with Gasteiger partial charge in [-0.3, -0.25) is 4.79 Å². The Labute approximate surface area is 83.8 Å². The summed E-state index contributed by atoms with van der Waals surface area (Å²) in [6.45, 7) is 3.10. The van der Waals surface area contributed by atoms with Gasteiger partial charge in [-0.15, -0.1) is 0 Å². The fourth-order valence-electron chi connectivity index (χ4n) is 1.19. The van der Waals surface area contributed by atoms with E-state index in [1.165, 1.54) is 6.92 Å². The molecule has 1 aromatic carbocycles. The lowest BCUT2D eigenvalue weighted by molar-refractivity contribution is -0.113. The number of hydrogen-bond donors (Lipinski definition) is 1. The van der Waals surface area contributed by atoms with E-state index in [1.54, 1.807) is 13.0 Å². The van der Waals surface area contributed by atoms with Gasteiger partial charge in [-0.25, -0.2) is 0 Å². The topological polar surface area (TPSA) is 40.9 Å². The highest BCUT2D eigenvalue weighted by Gasteiger charge is 2.05. The molecule has 0 saturated heterocycles. The van der Waals surface area contributed by atoms with Crippen molar-refractivity contribution >= 4 is 17.6 Å². The van der Waals surface area contributed by atoms with E-state index in [1.807, 2.05) is 30.3 Å². The molecule has 2 nitrogen and oxygen atoms in total. The Morgan fingerprint density at radius 2 is 1.79 bits per heavy atom. The van der Waals surface area contributed by atoms with Crippen molar-refractivity contribution in [3.8, 4) is 0 Å². The number of benzene rings is 1. The number of rotatable bonds is 3. The zero-order valence-corrected chi connectivity index (χ0v) is 8.37. The number of ketones is 1. The van der Waals surface area contributed by atoms with E-state index in [0.29, 0.717) is 11.3 Å². The lowest BCUT2D eigenvalue weighted by atomic mass is 10.0. The van der Waals surface area contributed by atoms with Gasteiger partial charge in [0.2, 0.25) is 0 Å². The van der Waals surface area contributed by atoms with Gasteiger partial charge in [0.15, 0.2) is 5.78 Å². The fourth-order valence-corrected chi connectivity index (χ4v) is 1.19. The average molecular weight is 187 g/mol. The monoisotopic (exact) mass is 187 g/mol. The summed E-state index contributed by atoms with van der Waals surface area (Å²) in [5, 5.41) is 7.44. The van der Waals surface area contributed by atoms with Gasteiger partial charge in [-0.05, 0) is 25.5 Å². The van der Waals surface area contributed by atoms with Crippen LogP contribution >= 0.6 is 0 Å². The van der Waals surface area contributed by atoms with Crippen LogP contribution in [-0.4, -0.2) is 11.5 Å². The first kappa shape index (κ1) is 10.4. The van der Waals surface area contributed by atoms with Crippen molar-refractivity contribution in [1.29, 1.82) is 5.41 Å². The van der Waals surface area contributed by atoms with Crippen LogP contribution in [0.2, 0.25) is 0 Å². The quantitative estimate of drug-likeness (QED) is 0.573. The number of carbonyl (C=O) groups excluding carboxylic acids is 1. The first-order valence-corrected chi connectivity index (χ1v) is 4.44. The van der Waals surface area contributed by atoms with Crippen LogP contribution in [0, 0.1) is 5.41 Å². The molecule has 0 saturated carbocycles. The minimum atomic E-state index is -0.0682. The van der Waals surface area contributed by atoms with Gasteiger partial charge in [0.05, 0.1) is 0 Å². The lowest BCUT2D eigenvalue weighted by Crippen LogP contribution is -2.04. The Morgan fingerprint density at radius 3 is 2.21 bits per heavy atom. The third kappa shape index (κ3) is 2.66. The molecule has 0 amide bonds. The largest absolute Gasteiger partial charge is 0.305 e. The summed E-state index contributed by atoms with van der Waals surface area (Å²) in [7, 11) is 0. The zero-order valence-electron chi connectivity index (χ0n) is 8.37. The number of allylic oxidation sites excluding steroid dienone is 1. The number of carbonyl (C=O) groups is 1. The highest BCUT2D eigenvalue weighted by Crippen LogP contribution is 2.08. The predicted molar refractivity (Wildman–Crippen MR) is 58.5 cm³/mol. The van der Waals surface area contributed by atoms with Gasteiger partial charge in [0.1, 0.15) is 0 Å². The van der Waals surface area contributed by atoms with Gasteiger partial charge < -0.3 is 5.41 Å². The van der Waals surface area contributed by atoms with Crippen LogP contribution in [0.15, 0.2) is 35.9 Å². The molecule has 72 valence electrons. The SMILES string of the molecule is CC(=N)/C(=C/c1ccccc1)C(C)=O. The van der Waals surface area contributed by atoms with E-state index in [2.05, 4.69) is 0 Å². The molecule has 14 heavy (non-hydrogen) atoms. The lowest BCUT2D eigenvalue weighted by Gasteiger charge is -2.00. The minimum Gasteiger partial charge on any atom is -0.305 e. The smallest absolute Gasteiger partial charge is 0.161 e. The van der Waals surface area contributed by atoms with E-state index < -0.39 is 0 Å². The Kier molecular flexibility index (Phi) is 3.35. The molecule has 1 N–H and O–H groups in total. The van der Waals surface area contributed by atoms with E-state index in [0.717, 1.165) is 5.56 Å². The van der Waals surface area contributed by atoms with Crippen LogP contribution in [0.3, 0.4) is 0 Å². The molecule has 1 rings (SSSR count). The fraction of sp³-hybridized carbons (Fsp3) is 0.167. The highest BCUT2D eigenvalue weighted by molar-refractivity contribution is 6.22. The Hall–Kier alpha value is -1.70. The van der Waals surface area contributed by atoms with Crippen molar-refractivity contribution in [2.45, 2.75) is 13.8 Å². The van der Waals surface area contributed by atoms with Crippen molar-refractivity contribution in [3.63, 3.8) is 0 Å². The number of Topliss-reactive ketones (excluding diaryl/α,β-unsaturated/α-hetero) is 1. The summed E-state index contributed by atoms with van der Waals surface area (Å²) >= 11 is 0. The van der Waals surface area contributed by atoms with Crippen molar-refractivity contribution in [3.05, 3.63) is 41.5 Å². The molecular formula is C12H13NO. The molecule has 0 aliphatic rings. The Bertz CT molecular complexity index is 361. The molecule has 1 aromatic rings. The van der Waals surface area contributed by atoms with Crippen molar-refractivity contribution in [2.75, 3.05) is 0 Å². The molecule has 0 fully saturated rings. The molecule has 0 spiro atoms. The van der Waals surface area contributed by atoms with Gasteiger partial charge in [-0.1, -0.05) is 30.3 Å². The first-order chi connectivity index (χ1) is 6.61. The van der Waals surface area contributed by atoms with Crippen LogP contribution in [0.4, 0.5) is 0 Å². The summed E-state index contributed by atoms with van der Waals surface area (Å²) in [6.07, 6.45) is 1.74. The average Bonchev–Trinajstić information content (AvgIpc) is 2.15. The Morgan fingerprint density at radius 1 is 1.21 bits per heavy atom. The van der Waals surface area contributed by atoms with E-state index in [4.69, 9.17) is 5.41 Å². The standard InChI is InChI=1S/C12H13NO/c1-9(13)12(10(2)14)8-11-6-4-3-5-7-11/h3-8,13H,1-2H3/b12-8-,13-9?. The maximum absolute atomic E-state index is 11.2.